The van der Waals surface area contributed by atoms with E-state index in [9.17, 15) is 10.1 Å². The van der Waals surface area contributed by atoms with Crippen LogP contribution in [-0.2, 0) is 9.53 Å². The minimum atomic E-state index is -0.887. The lowest BCUT2D eigenvalue weighted by Crippen LogP contribution is -2.19. The fourth-order valence-corrected chi connectivity index (χ4v) is 2.09. The molecule has 0 bridgehead atoms. The number of aromatic nitrogens is 2. The number of H-pyrrole nitrogens is 1. The van der Waals surface area contributed by atoms with Gasteiger partial charge in [-0.3, -0.25) is 4.79 Å². The van der Waals surface area contributed by atoms with E-state index < -0.39 is 5.92 Å². The number of nitrogens with one attached hydrogen (secondary N) is 1. The number of imidazole rings is 1. The van der Waals surface area contributed by atoms with Crippen LogP contribution in [0.1, 0.15) is 24.6 Å². The highest BCUT2D eigenvalue weighted by Gasteiger charge is 2.26. The van der Waals surface area contributed by atoms with Crippen LogP contribution >= 0.6 is 0 Å². The molecule has 1 aliphatic carbocycles. The molecule has 3 rings (SSSR count). The monoisotopic (exact) mass is 269 g/mol. The Kier molecular flexibility index (Phi) is 3.48. The standard InChI is InChI=1S/C15H15N3O2/c16-7-11(14(19)9-20-8-10-5-6-10)15-17-12-3-1-2-4-13(12)18-15/h1-4,10-11H,5-6,8-9H2,(H,17,18). The third kappa shape index (κ3) is 2.70. The smallest absolute Gasteiger partial charge is 0.183 e. The minimum absolute atomic E-state index is 0.0221. The van der Waals surface area contributed by atoms with E-state index in [0.717, 1.165) is 11.0 Å². The van der Waals surface area contributed by atoms with Crippen molar-refractivity contribution in [3.63, 3.8) is 0 Å². The summed E-state index contributed by atoms with van der Waals surface area (Å²) in [6.45, 7) is 0.593. The maximum Gasteiger partial charge on any atom is 0.183 e. The predicted molar refractivity (Wildman–Crippen MR) is 73.0 cm³/mol. The van der Waals surface area contributed by atoms with E-state index in [-0.39, 0.29) is 12.4 Å². The van der Waals surface area contributed by atoms with Gasteiger partial charge in [0.25, 0.3) is 0 Å². The summed E-state index contributed by atoms with van der Waals surface area (Å²) in [7, 11) is 0. The summed E-state index contributed by atoms with van der Waals surface area (Å²) in [6.07, 6.45) is 2.36. The summed E-state index contributed by atoms with van der Waals surface area (Å²) in [4.78, 5) is 19.4. The molecule has 1 heterocycles. The third-order valence-electron chi connectivity index (χ3n) is 3.43. The molecule has 0 spiro atoms. The molecule has 0 amide bonds. The molecule has 1 saturated carbocycles. The van der Waals surface area contributed by atoms with E-state index in [0.29, 0.717) is 18.3 Å². The summed E-state index contributed by atoms with van der Waals surface area (Å²) < 4.78 is 5.36. The Hall–Kier alpha value is -2.19. The molecule has 0 saturated heterocycles. The lowest BCUT2D eigenvalue weighted by Gasteiger charge is -2.05. The molecule has 1 fully saturated rings. The van der Waals surface area contributed by atoms with Gasteiger partial charge in [0.2, 0.25) is 0 Å². The van der Waals surface area contributed by atoms with Gasteiger partial charge in [0.05, 0.1) is 17.1 Å². The number of ketones is 1. The maximum atomic E-state index is 12.0. The van der Waals surface area contributed by atoms with E-state index >= 15 is 0 Å². The first-order valence-corrected chi connectivity index (χ1v) is 6.72. The number of benzene rings is 1. The first-order chi connectivity index (χ1) is 9.78. The van der Waals surface area contributed by atoms with Gasteiger partial charge in [-0.05, 0) is 30.9 Å². The summed E-state index contributed by atoms with van der Waals surface area (Å²) in [6, 6.07) is 9.48. The van der Waals surface area contributed by atoms with Crippen LogP contribution in [0.25, 0.3) is 11.0 Å². The zero-order valence-electron chi connectivity index (χ0n) is 11.0. The number of hydrogen-bond donors (Lipinski definition) is 1. The van der Waals surface area contributed by atoms with E-state index in [1.165, 1.54) is 12.8 Å². The van der Waals surface area contributed by atoms with Crippen LogP contribution in [0.2, 0.25) is 0 Å². The van der Waals surface area contributed by atoms with E-state index in [2.05, 4.69) is 9.97 Å². The number of nitrogens with zero attached hydrogens (tertiary/aromatic N) is 2. The van der Waals surface area contributed by atoms with Gasteiger partial charge in [-0.1, -0.05) is 12.1 Å². The summed E-state index contributed by atoms with van der Waals surface area (Å²) in [5.41, 5.74) is 1.59. The second-order valence-corrected chi connectivity index (χ2v) is 5.13. The Morgan fingerprint density at radius 1 is 1.50 bits per heavy atom. The van der Waals surface area contributed by atoms with Crippen molar-refractivity contribution >= 4 is 16.8 Å². The Morgan fingerprint density at radius 2 is 2.30 bits per heavy atom. The number of carbonyl (C=O) groups excluding carboxylic acids is 1. The Morgan fingerprint density at radius 3 is 3.00 bits per heavy atom. The molecule has 0 aliphatic heterocycles. The molecule has 5 heteroatoms. The van der Waals surface area contributed by atoms with Crippen molar-refractivity contribution < 1.29 is 9.53 Å². The van der Waals surface area contributed by atoms with Crippen molar-refractivity contribution in [1.29, 1.82) is 5.26 Å². The SMILES string of the molecule is N#CC(C(=O)COCC1CC1)c1nc2ccccc2[nH]1. The number of ether oxygens (including phenoxy) is 1. The number of hydrogen-bond acceptors (Lipinski definition) is 4. The van der Waals surface area contributed by atoms with E-state index in [1.54, 1.807) is 0 Å². The van der Waals surface area contributed by atoms with Crippen molar-refractivity contribution in [2.45, 2.75) is 18.8 Å². The highest BCUT2D eigenvalue weighted by molar-refractivity contribution is 5.89. The molecule has 1 unspecified atom stereocenters. The average molecular weight is 269 g/mol. The lowest BCUT2D eigenvalue weighted by molar-refractivity contribution is -0.124. The number of nitriles is 1. The van der Waals surface area contributed by atoms with Crippen LogP contribution in [-0.4, -0.2) is 29.0 Å². The number of para-hydroxylation sites is 2. The highest BCUT2D eigenvalue weighted by Crippen LogP contribution is 2.28. The molecule has 0 radical (unpaired) electrons. The van der Waals surface area contributed by atoms with Gasteiger partial charge in [0, 0.05) is 6.61 Å². The topological polar surface area (TPSA) is 78.8 Å². The summed E-state index contributed by atoms with van der Waals surface area (Å²) in [5, 5.41) is 9.21. The van der Waals surface area contributed by atoms with Crippen LogP contribution in [0.4, 0.5) is 0 Å². The van der Waals surface area contributed by atoms with Crippen molar-refractivity contribution in [2.75, 3.05) is 13.2 Å². The Labute approximate surface area is 116 Å². The van der Waals surface area contributed by atoms with Crippen LogP contribution in [0.3, 0.4) is 0 Å². The minimum Gasteiger partial charge on any atom is -0.373 e. The van der Waals surface area contributed by atoms with Crippen molar-refractivity contribution in [2.24, 2.45) is 5.92 Å². The van der Waals surface area contributed by atoms with Gasteiger partial charge in [-0.25, -0.2) is 4.98 Å². The summed E-state index contributed by atoms with van der Waals surface area (Å²) >= 11 is 0. The van der Waals surface area contributed by atoms with Gasteiger partial charge in [-0.2, -0.15) is 5.26 Å². The highest BCUT2D eigenvalue weighted by atomic mass is 16.5. The molecule has 1 aromatic carbocycles. The molecule has 20 heavy (non-hydrogen) atoms. The largest absolute Gasteiger partial charge is 0.373 e. The van der Waals surface area contributed by atoms with E-state index in [1.807, 2.05) is 30.3 Å². The van der Waals surface area contributed by atoms with Gasteiger partial charge >= 0.3 is 0 Å². The molecule has 1 atom stereocenters. The fourth-order valence-electron chi connectivity index (χ4n) is 2.09. The summed E-state index contributed by atoms with van der Waals surface area (Å²) in [5.74, 6) is -0.128. The molecule has 2 aromatic rings. The first-order valence-electron chi connectivity index (χ1n) is 6.72. The molecule has 5 nitrogen and oxygen atoms in total. The van der Waals surface area contributed by atoms with Gasteiger partial charge in [0.1, 0.15) is 12.4 Å². The lowest BCUT2D eigenvalue weighted by atomic mass is 10.1. The normalized spacial score (nSPS) is 15.9. The Balaban J connectivity index is 1.71. The van der Waals surface area contributed by atoms with Crippen molar-refractivity contribution in [3.8, 4) is 6.07 Å². The fraction of sp³-hybridized carbons (Fsp3) is 0.400. The number of aromatic amines is 1. The van der Waals surface area contributed by atoms with Crippen LogP contribution < -0.4 is 0 Å². The zero-order valence-corrected chi connectivity index (χ0v) is 11.0. The zero-order chi connectivity index (χ0) is 13.9. The predicted octanol–water partition coefficient (Wildman–Crippen LogP) is 2.17. The van der Waals surface area contributed by atoms with Crippen molar-refractivity contribution in [3.05, 3.63) is 30.1 Å². The molecule has 1 N–H and O–H groups in total. The second kappa shape index (κ2) is 5.43. The number of rotatable bonds is 6. The van der Waals surface area contributed by atoms with Crippen LogP contribution in [0, 0.1) is 17.2 Å². The van der Waals surface area contributed by atoms with Gasteiger partial charge in [-0.15, -0.1) is 0 Å². The third-order valence-corrected chi connectivity index (χ3v) is 3.43. The molecular weight excluding hydrogens is 254 g/mol. The first kappa shape index (κ1) is 12.8. The van der Waals surface area contributed by atoms with Crippen LogP contribution in [0.5, 0.6) is 0 Å². The number of Topliss-reactive ketones (excluding diaryl/α,β-unsaturated/α-hetero) is 1. The van der Waals surface area contributed by atoms with Crippen LogP contribution in [0.15, 0.2) is 24.3 Å². The molecular formula is C15H15N3O2. The number of carbonyl (C=O) groups is 1. The van der Waals surface area contributed by atoms with Gasteiger partial charge < -0.3 is 9.72 Å². The maximum absolute atomic E-state index is 12.0. The van der Waals surface area contributed by atoms with E-state index in [4.69, 9.17) is 4.74 Å². The average Bonchev–Trinajstić information content (AvgIpc) is 3.17. The Bertz CT molecular complexity index is 634. The molecule has 1 aliphatic rings. The number of fused-ring (bicyclic) bond motifs is 1. The van der Waals surface area contributed by atoms with Gasteiger partial charge in [0.15, 0.2) is 11.7 Å². The quantitative estimate of drug-likeness (QED) is 0.871. The molecule has 1 aromatic heterocycles. The second-order valence-electron chi connectivity index (χ2n) is 5.13. The molecule has 102 valence electrons. The van der Waals surface area contributed by atoms with Crippen molar-refractivity contribution in [1.82, 2.24) is 9.97 Å².